The highest BCUT2D eigenvalue weighted by Gasteiger charge is 2.29. The Labute approximate surface area is 127 Å². The third-order valence-electron chi connectivity index (χ3n) is 3.77. The number of hydrogen-bond donors (Lipinski definition) is 1. The van der Waals surface area contributed by atoms with Crippen LogP contribution in [0.3, 0.4) is 0 Å². The molecule has 1 N–H and O–H groups in total. The topological polar surface area (TPSA) is 55.4 Å². The first-order valence-corrected chi connectivity index (χ1v) is 8.83. The molecule has 2 rings (SSSR count). The molecule has 0 radical (unpaired) electrons. The van der Waals surface area contributed by atoms with E-state index in [1.807, 2.05) is 6.92 Å². The van der Waals surface area contributed by atoms with Gasteiger partial charge in [0, 0.05) is 6.04 Å². The van der Waals surface area contributed by atoms with Crippen molar-refractivity contribution in [1.29, 1.82) is 0 Å². The van der Waals surface area contributed by atoms with E-state index in [9.17, 15) is 8.42 Å². The van der Waals surface area contributed by atoms with Crippen LogP contribution in [0.1, 0.15) is 31.2 Å². The molecule has 1 aromatic rings. The SMILES string of the molecule is C=CCOC1CCCCC1NS(=O)(=O)c1ccc(C)cc1. The number of rotatable bonds is 6. The van der Waals surface area contributed by atoms with Gasteiger partial charge >= 0.3 is 0 Å². The van der Waals surface area contributed by atoms with Crippen LogP contribution in [0.5, 0.6) is 0 Å². The summed E-state index contributed by atoms with van der Waals surface area (Å²) >= 11 is 0. The highest BCUT2D eigenvalue weighted by molar-refractivity contribution is 7.89. The number of aryl methyl sites for hydroxylation is 1. The average molecular weight is 309 g/mol. The second kappa shape index (κ2) is 7.20. The van der Waals surface area contributed by atoms with Crippen molar-refractivity contribution in [3.05, 3.63) is 42.5 Å². The van der Waals surface area contributed by atoms with Gasteiger partial charge in [0.25, 0.3) is 0 Å². The summed E-state index contributed by atoms with van der Waals surface area (Å²) in [5.74, 6) is 0. The fourth-order valence-corrected chi connectivity index (χ4v) is 3.91. The van der Waals surface area contributed by atoms with Crippen molar-refractivity contribution >= 4 is 10.0 Å². The number of benzene rings is 1. The molecule has 116 valence electrons. The fourth-order valence-electron chi connectivity index (χ4n) is 2.61. The van der Waals surface area contributed by atoms with Crippen molar-refractivity contribution in [3.8, 4) is 0 Å². The normalized spacial score (nSPS) is 22.9. The van der Waals surface area contributed by atoms with Crippen molar-refractivity contribution in [1.82, 2.24) is 4.72 Å². The molecule has 21 heavy (non-hydrogen) atoms. The molecule has 4 nitrogen and oxygen atoms in total. The lowest BCUT2D eigenvalue weighted by Crippen LogP contribution is -2.46. The van der Waals surface area contributed by atoms with Gasteiger partial charge in [-0.05, 0) is 31.9 Å². The third kappa shape index (κ3) is 4.40. The third-order valence-corrected chi connectivity index (χ3v) is 5.27. The van der Waals surface area contributed by atoms with Gasteiger partial charge < -0.3 is 4.74 Å². The molecule has 2 atom stereocenters. The summed E-state index contributed by atoms with van der Waals surface area (Å²) in [5.41, 5.74) is 1.04. The minimum absolute atomic E-state index is 0.0722. The van der Waals surface area contributed by atoms with E-state index in [0.29, 0.717) is 11.5 Å². The molecule has 0 aromatic heterocycles. The van der Waals surface area contributed by atoms with Gasteiger partial charge in [-0.25, -0.2) is 13.1 Å². The number of sulfonamides is 1. The van der Waals surface area contributed by atoms with Crippen LogP contribution in [0.2, 0.25) is 0 Å². The van der Waals surface area contributed by atoms with Crippen LogP contribution in [0.15, 0.2) is 41.8 Å². The maximum atomic E-state index is 12.4. The van der Waals surface area contributed by atoms with Crippen molar-refractivity contribution in [3.63, 3.8) is 0 Å². The molecule has 0 heterocycles. The zero-order chi connectivity index (χ0) is 15.3. The summed E-state index contributed by atoms with van der Waals surface area (Å²) in [6, 6.07) is 6.73. The van der Waals surface area contributed by atoms with Gasteiger partial charge in [0.15, 0.2) is 0 Å². The van der Waals surface area contributed by atoms with Crippen LogP contribution in [0.25, 0.3) is 0 Å². The van der Waals surface area contributed by atoms with Crippen molar-refractivity contribution in [2.24, 2.45) is 0 Å². The number of hydrogen-bond acceptors (Lipinski definition) is 3. The molecule has 2 unspecified atom stereocenters. The lowest BCUT2D eigenvalue weighted by molar-refractivity contribution is 0.0273. The molecule has 1 saturated carbocycles. The molecule has 0 saturated heterocycles. The van der Waals surface area contributed by atoms with Gasteiger partial charge in [0.1, 0.15) is 0 Å². The summed E-state index contributed by atoms with van der Waals surface area (Å²) in [7, 11) is -3.49. The van der Waals surface area contributed by atoms with Crippen LogP contribution in [-0.2, 0) is 14.8 Å². The second-order valence-electron chi connectivity index (χ2n) is 5.49. The monoisotopic (exact) mass is 309 g/mol. The Morgan fingerprint density at radius 2 is 1.95 bits per heavy atom. The molecule has 1 aliphatic rings. The average Bonchev–Trinajstić information content (AvgIpc) is 2.46. The smallest absolute Gasteiger partial charge is 0.240 e. The van der Waals surface area contributed by atoms with Gasteiger partial charge in [-0.1, -0.05) is 36.6 Å². The zero-order valence-corrected chi connectivity index (χ0v) is 13.2. The lowest BCUT2D eigenvalue weighted by atomic mass is 9.93. The minimum Gasteiger partial charge on any atom is -0.373 e. The number of ether oxygens (including phenoxy) is 1. The van der Waals surface area contributed by atoms with Gasteiger partial charge in [-0.2, -0.15) is 0 Å². The summed E-state index contributed by atoms with van der Waals surface area (Å²) in [5, 5.41) is 0. The Balaban J connectivity index is 2.09. The molecule has 5 heteroatoms. The van der Waals surface area contributed by atoms with Crippen molar-refractivity contribution in [2.75, 3.05) is 6.61 Å². The van der Waals surface area contributed by atoms with Crippen LogP contribution < -0.4 is 4.72 Å². The molecule has 1 aliphatic carbocycles. The molecule has 0 aliphatic heterocycles. The van der Waals surface area contributed by atoms with Gasteiger partial charge in [-0.3, -0.25) is 0 Å². The van der Waals surface area contributed by atoms with Gasteiger partial charge in [-0.15, -0.1) is 6.58 Å². The standard InChI is InChI=1S/C16H23NO3S/c1-3-12-20-16-7-5-4-6-15(16)17-21(18,19)14-10-8-13(2)9-11-14/h3,8-11,15-17H,1,4-7,12H2,2H3. The lowest BCUT2D eigenvalue weighted by Gasteiger charge is -2.31. The molecule has 0 amide bonds. The van der Waals surface area contributed by atoms with E-state index < -0.39 is 10.0 Å². The van der Waals surface area contributed by atoms with Gasteiger partial charge in [0.05, 0.1) is 17.6 Å². The largest absolute Gasteiger partial charge is 0.373 e. The second-order valence-corrected chi connectivity index (χ2v) is 7.20. The quantitative estimate of drug-likeness (QED) is 0.822. The van der Waals surface area contributed by atoms with E-state index in [-0.39, 0.29) is 12.1 Å². The molecule has 1 fully saturated rings. The maximum Gasteiger partial charge on any atom is 0.240 e. The molecule has 1 aromatic carbocycles. The Bertz CT molecular complexity index is 566. The predicted molar refractivity (Wildman–Crippen MR) is 83.7 cm³/mol. The summed E-state index contributed by atoms with van der Waals surface area (Å²) in [6.45, 7) is 6.02. The van der Waals surface area contributed by atoms with E-state index in [2.05, 4.69) is 11.3 Å². The first-order chi connectivity index (χ1) is 10.0. The van der Waals surface area contributed by atoms with Crippen LogP contribution in [-0.4, -0.2) is 27.2 Å². The van der Waals surface area contributed by atoms with E-state index in [1.54, 1.807) is 30.3 Å². The highest BCUT2D eigenvalue weighted by Crippen LogP contribution is 2.23. The van der Waals surface area contributed by atoms with Crippen molar-refractivity contribution < 1.29 is 13.2 Å². The molecule has 0 bridgehead atoms. The maximum absolute atomic E-state index is 12.4. The molecular weight excluding hydrogens is 286 g/mol. The molecular formula is C16H23NO3S. The Morgan fingerprint density at radius 1 is 1.29 bits per heavy atom. The Morgan fingerprint density at radius 3 is 2.62 bits per heavy atom. The van der Waals surface area contributed by atoms with E-state index in [4.69, 9.17) is 4.74 Å². The highest BCUT2D eigenvalue weighted by atomic mass is 32.2. The molecule has 0 spiro atoms. The Hall–Kier alpha value is -1.17. The van der Waals surface area contributed by atoms with Crippen LogP contribution >= 0.6 is 0 Å². The summed E-state index contributed by atoms with van der Waals surface area (Å²) < 4.78 is 33.4. The van der Waals surface area contributed by atoms with E-state index in [1.165, 1.54) is 0 Å². The van der Waals surface area contributed by atoms with Crippen LogP contribution in [0, 0.1) is 6.92 Å². The summed E-state index contributed by atoms with van der Waals surface area (Å²) in [6.07, 6.45) is 5.42. The predicted octanol–water partition coefficient (Wildman–Crippen LogP) is 2.79. The first kappa shape index (κ1) is 16.2. The van der Waals surface area contributed by atoms with E-state index in [0.717, 1.165) is 31.2 Å². The van der Waals surface area contributed by atoms with Crippen LogP contribution in [0.4, 0.5) is 0 Å². The van der Waals surface area contributed by atoms with E-state index >= 15 is 0 Å². The fraction of sp³-hybridized carbons (Fsp3) is 0.500. The first-order valence-electron chi connectivity index (χ1n) is 7.34. The Kier molecular flexibility index (Phi) is 5.56. The van der Waals surface area contributed by atoms with Crippen molar-refractivity contribution in [2.45, 2.75) is 49.6 Å². The number of nitrogens with one attached hydrogen (secondary N) is 1. The summed E-state index contributed by atoms with van der Waals surface area (Å²) in [4.78, 5) is 0.307. The zero-order valence-electron chi connectivity index (χ0n) is 12.4. The van der Waals surface area contributed by atoms with Gasteiger partial charge in [0.2, 0.25) is 10.0 Å². The minimum atomic E-state index is -3.49.